The van der Waals surface area contributed by atoms with Gasteiger partial charge in [-0.2, -0.15) is 0 Å². The van der Waals surface area contributed by atoms with Crippen LogP contribution in [0.4, 0.5) is 0 Å². The third-order valence-corrected chi connectivity index (χ3v) is 2.85. The van der Waals surface area contributed by atoms with E-state index in [0.29, 0.717) is 16.3 Å². The molecule has 3 heteroatoms. The molecule has 3 aromatic rings. The van der Waals surface area contributed by atoms with E-state index < -0.39 is 5.63 Å². The summed E-state index contributed by atoms with van der Waals surface area (Å²) in [5.41, 5.74) is 0.236. The molecule has 0 aliphatic rings. The van der Waals surface area contributed by atoms with Crippen molar-refractivity contribution in [1.82, 2.24) is 0 Å². The molecule has 1 N–H and O–H groups in total. The van der Waals surface area contributed by atoms with Gasteiger partial charge in [-0.25, -0.2) is 4.79 Å². The normalized spacial score (nSPS) is 10.7. The molecule has 2 aromatic carbocycles. The first-order valence-electron chi connectivity index (χ1n) is 5.57. The van der Waals surface area contributed by atoms with Crippen molar-refractivity contribution < 1.29 is 9.52 Å². The van der Waals surface area contributed by atoms with Gasteiger partial charge in [0.1, 0.15) is 0 Å². The molecule has 0 saturated carbocycles. The Morgan fingerprint density at radius 2 is 1.44 bits per heavy atom. The fourth-order valence-electron chi connectivity index (χ4n) is 1.97. The zero-order chi connectivity index (χ0) is 12.5. The van der Waals surface area contributed by atoms with Gasteiger partial charge < -0.3 is 9.52 Å². The lowest BCUT2D eigenvalue weighted by Gasteiger charge is -2.05. The Balaban J connectivity index is 2.39. The summed E-state index contributed by atoms with van der Waals surface area (Å²) in [5, 5.41) is 11.1. The van der Waals surface area contributed by atoms with Crippen molar-refractivity contribution in [3.63, 3.8) is 0 Å². The quantitative estimate of drug-likeness (QED) is 0.708. The molecule has 18 heavy (non-hydrogen) atoms. The lowest BCUT2D eigenvalue weighted by atomic mass is 10.1. The van der Waals surface area contributed by atoms with Gasteiger partial charge in [-0.1, -0.05) is 48.5 Å². The van der Waals surface area contributed by atoms with Crippen molar-refractivity contribution in [1.29, 1.82) is 0 Å². The monoisotopic (exact) mass is 238 g/mol. The SMILES string of the molecule is O=c1oc(-c2ccccc2)c(O)c2ccccc12. The number of fused-ring (bicyclic) bond motifs is 1. The summed E-state index contributed by atoms with van der Waals surface area (Å²) in [6, 6.07) is 15.9. The largest absolute Gasteiger partial charge is 0.504 e. The van der Waals surface area contributed by atoms with E-state index in [1.54, 1.807) is 36.4 Å². The van der Waals surface area contributed by atoms with Gasteiger partial charge in [-0.05, 0) is 6.07 Å². The molecule has 0 radical (unpaired) electrons. The minimum absolute atomic E-state index is 0.00333. The average Bonchev–Trinajstić information content (AvgIpc) is 2.44. The minimum atomic E-state index is -0.442. The van der Waals surface area contributed by atoms with Crippen molar-refractivity contribution in [2.45, 2.75) is 0 Å². The van der Waals surface area contributed by atoms with Crippen molar-refractivity contribution in [3.05, 3.63) is 65.0 Å². The lowest BCUT2D eigenvalue weighted by molar-refractivity contribution is 0.442. The highest BCUT2D eigenvalue weighted by Gasteiger charge is 2.13. The van der Waals surface area contributed by atoms with Crippen LogP contribution >= 0.6 is 0 Å². The van der Waals surface area contributed by atoms with Crippen LogP contribution in [-0.2, 0) is 0 Å². The van der Waals surface area contributed by atoms with Crippen LogP contribution < -0.4 is 5.63 Å². The van der Waals surface area contributed by atoms with Crippen LogP contribution in [0.5, 0.6) is 5.75 Å². The number of rotatable bonds is 1. The summed E-state index contributed by atoms with van der Waals surface area (Å²) in [6.45, 7) is 0. The predicted molar refractivity (Wildman–Crippen MR) is 69.6 cm³/mol. The van der Waals surface area contributed by atoms with E-state index in [2.05, 4.69) is 0 Å². The molecule has 1 heterocycles. The maximum Gasteiger partial charge on any atom is 0.344 e. The fourth-order valence-corrected chi connectivity index (χ4v) is 1.97. The molecular weight excluding hydrogens is 228 g/mol. The Bertz CT molecular complexity index is 758. The fraction of sp³-hybridized carbons (Fsp3) is 0. The molecule has 0 unspecified atom stereocenters. The first-order chi connectivity index (χ1) is 8.77. The van der Waals surface area contributed by atoms with Gasteiger partial charge in [0.15, 0.2) is 11.5 Å². The smallest absolute Gasteiger partial charge is 0.344 e. The summed E-state index contributed by atoms with van der Waals surface area (Å²) in [4.78, 5) is 11.8. The van der Waals surface area contributed by atoms with Gasteiger partial charge >= 0.3 is 5.63 Å². The molecular formula is C15H10O3. The van der Waals surface area contributed by atoms with Crippen LogP contribution in [0.25, 0.3) is 22.1 Å². The van der Waals surface area contributed by atoms with Crippen LogP contribution in [0.15, 0.2) is 63.8 Å². The number of aromatic hydroxyl groups is 1. The van der Waals surface area contributed by atoms with E-state index in [4.69, 9.17) is 4.42 Å². The number of hydrogen-bond acceptors (Lipinski definition) is 3. The topological polar surface area (TPSA) is 50.4 Å². The van der Waals surface area contributed by atoms with Crippen LogP contribution in [0.3, 0.4) is 0 Å². The van der Waals surface area contributed by atoms with E-state index >= 15 is 0 Å². The molecule has 0 bridgehead atoms. The third-order valence-electron chi connectivity index (χ3n) is 2.85. The standard InChI is InChI=1S/C15H10O3/c16-13-11-8-4-5-9-12(11)15(17)18-14(13)10-6-2-1-3-7-10/h1-9,16H. The predicted octanol–water partition coefficient (Wildman–Crippen LogP) is 3.17. The lowest BCUT2D eigenvalue weighted by Crippen LogP contribution is -2.00. The maximum absolute atomic E-state index is 11.8. The molecule has 1 aromatic heterocycles. The molecule has 0 spiro atoms. The van der Waals surface area contributed by atoms with Crippen molar-refractivity contribution in [3.8, 4) is 17.1 Å². The first kappa shape index (κ1) is 10.6. The molecule has 0 fully saturated rings. The minimum Gasteiger partial charge on any atom is -0.504 e. The summed E-state index contributed by atoms with van der Waals surface area (Å²) in [5.74, 6) is 0.204. The average molecular weight is 238 g/mol. The first-order valence-corrected chi connectivity index (χ1v) is 5.57. The number of hydrogen-bond donors (Lipinski definition) is 1. The van der Waals surface area contributed by atoms with E-state index in [-0.39, 0.29) is 11.5 Å². The Labute approximate surface area is 103 Å². The highest BCUT2D eigenvalue weighted by atomic mass is 16.4. The van der Waals surface area contributed by atoms with Gasteiger partial charge in [0, 0.05) is 10.9 Å². The van der Waals surface area contributed by atoms with Crippen molar-refractivity contribution in [2.24, 2.45) is 0 Å². The van der Waals surface area contributed by atoms with E-state index in [0.717, 1.165) is 0 Å². The zero-order valence-electron chi connectivity index (χ0n) is 9.46. The van der Waals surface area contributed by atoms with E-state index in [1.807, 2.05) is 18.2 Å². The number of benzene rings is 2. The molecule has 0 amide bonds. The van der Waals surface area contributed by atoms with Gasteiger partial charge in [-0.15, -0.1) is 0 Å². The summed E-state index contributed by atoms with van der Waals surface area (Å²) in [7, 11) is 0. The highest BCUT2D eigenvalue weighted by molar-refractivity contribution is 5.91. The highest BCUT2D eigenvalue weighted by Crippen LogP contribution is 2.33. The Hall–Kier alpha value is -2.55. The second-order valence-electron chi connectivity index (χ2n) is 3.98. The van der Waals surface area contributed by atoms with Crippen molar-refractivity contribution in [2.75, 3.05) is 0 Å². The maximum atomic E-state index is 11.8. The second kappa shape index (κ2) is 4.04. The van der Waals surface area contributed by atoms with Crippen LogP contribution in [0.1, 0.15) is 0 Å². The summed E-state index contributed by atoms with van der Waals surface area (Å²) >= 11 is 0. The van der Waals surface area contributed by atoms with E-state index in [1.165, 1.54) is 0 Å². The molecule has 0 atom stereocenters. The summed E-state index contributed by atoms with van der Waals surface area (Å²) in [6.07, 6.45) is 0. The summed E-state index contributed by atoms with van der Waals surface area (Å²) < 4.78 is 5.20. The van der Waals surface area contributed by atoms with Crippen LogP contribution in [0, 0.1) is 0 Å². The Kier molecular flexibility index (Phi) is 2.38. The molecule has 0 aliphatic carbocycles. The molecule has 3 nitrogen and oxygen atoms in total. The second-order valence-corrected chi connectivity index (χ2v) is 3.98. The Morgan fingerprint density at radius 1 is 0.833 bits per heavy atom. The van der Waals surface area contributed by atoms with Crippen LogP contribution in [0.2, 0.25) is 0 Å². The molecule has 0 aliphatic heterocycles. The molecule has 88 valence electrons. The Morgan fingerprint density at radius 3 is 2.17 bits per heavy atom. The van der Waals surface area contributed by atoms with Crippen LogP contribution in [-0.4, -0.2) is 5.11 Å². The van der Waals surface area contributed by atoms with Crippen molar-refractivity contribution >= 4 is 10.8 Å². The molecule has 0 saturated heterocycles. The molecule has 3 rings (SSSR count). The van der Waals surface area contributed by atoms with Gasteiger partial charge in [0.25, 0.3) is 0 Å². The zero-order valence-corrected chi connectivity index (χ0v) is 9.46. The van der Waals surface area contributed by atoms with Gasteiger partial charge in [-0.3, -0.25) is 0 Å². The van der Waals surface area contributed by atoms with Gasteiger partial charge in [0.05, 0.1) is 5.39 Å². The van der Waals surface area contributed by atoms with Gasteiger partial charge in [0.2, 0.25) is 0 Å². The van der Waals surface area contributed by atoms with E-state index in [9.17, 15) is 9.90 Å². The third kappa shape index (κ3) is 1.57.